The summed E-state index contributed by atoms with van der Waals surface area (Å²) in [6.45, 7) is 0.536. The Kier molecular flexibility index (Phi) is 5.85. The summed E-state index contributed by atoms with van der Waals surface area (Å²) in [5.74, 6) is 1.96. The highest BCUT2D eigenvalue weighted by molar-refractivity contribution is 7.25. The molecule has 2 aromatic heterocycles. The number of rotatable bonds is 7. The summed E-state index contributed by atoms with van der Waals surface area (Å²) in [5.41, 5.74) is 1.000. The Morgan fingerprint density at radius 1 is 1.21 bits per heavy atom. The maximum atomic E-state index is 11.2. The molecule has 8 heteroatoms. The normalized spacial score (nSPS) is 11.1. The highest BCUT2D eigenvalue weighted by atomic mass is 35.5. The van der Waals surface area contributed by atoms with Gasteiger partial charge in [0.25, 0.3) is 0 Å². The van der Waals surface area contributed by atoms with E-state index in [-0.39, 0.29) is 6.42 Å². The number of carbonyl (C=O) groups is 1. The van der Waals surface area contributed by atoms with Crippen molar-refractivity contribution < 1.29 is 9.53 Å². The number of methoxy groups -OCH3 is 1. The van der Waals surface area contributed by atoms with Crippen molar-refractivity contribution in [2.45, 2.75) is 19.4 Å². The minimum Gasteiger partial charge on any atom is -0.495 e. The van der Waals surface area contributed by atoms with E-state index < -0.39 is 5.24 Å². The number of nitrogens with zero attached hydrogens (tertiary/aromatic N) is 2. The summed E-state index contributed by atoms with van der Waals surface area (Å²) in [7, 11) is 1.59. The van der Waals surface area contributed by atoms with Crippen LogP contribution in [0.3, 0.4) is 0 Å². The number of ether oxygens (including phenoxy) is 1. The summed E-state index contributed by atoms with van der Waals surface area (Å²) in [4.78, 5) is 21.4. The lowest BCUT2D eigenvalue weighted by Crippen LogP contribution is -2.06. The lowest BCUT2D eigenvalue weighted by Gasteiger charge is -2.11. The number of thiophene rings is 1. The average molecular weight is 446 g/mol. The van der Waals surface area contributed by atoms with Crippen LogP contribution in [0.4, 0.5) is 5.82 Å². The minimum atomic E-state index is -0.396. The fraction of sp³-hybridized carbons (Fsp3) is 0.190. The van der Waals surface area contributed by atoms with Crippen LogP contribution in [0.2, 0.25) is 5.02 Å². The molecule has 29 heavy (non-hydrogen) atoms. The number of hydrogen-bond donors (Lipinski definition) is 1. The molecule has 0 aliphatic rings. The highest BCUT2D eigenvalue weighted by Crippen LogP contribution is 2.36. The zero-order valence-corrected chi connectivity index (χ0v) is 17.9. The number of benzene rings is 2. The molecular weight excluding hydrogens is 429 g/mol. The lowest BCUT2D eigenvalue weighted by atomic mass is 10.2. The van der Waals surface area contributed by atoms with Crippen molar-refractivity contribution in [3.63, 3.8) is 0 Å². The number of halogens is 2. The third kappa shape index (κ3) is 4.29. The van der Waals surface area contributed by atoms with Crippen molar-refractivity contribution in [1.82, 2.24) is 9.97 Å². The zero-order chi connectivity index (χ0) is 20.4. The molecule has 0 fully saturated rings. The number of aryl methyl sites for hydroxylation is 1. The van der Waals surface area contributed by atoms with Crippen LogP contribution in [-0.4, -0.2) is 22.3 Å². The molecule has 2 aromatic carbocycles. The molecule has 0 amide bonds. The van der Waals surface area contributed by atoms with E-state index in [1.54, 1.807) is 18.4 Å². The molecule has 0 unspecified atom stereocenters. The van der Waals surface area contributed by atoms with Crippen LogP contribution in [-0.2, 0) is 17.8 Å². The molecule has 4 rings (SSSR count). The van der Waals surface area contributed by atoms with Gasteiger partial charge in [0, 0.05) is 29.5 Å². The number of fused-ring (bicyclic) bond motifs is 3. The summed E-state index contributed by atoms with van der Waals surface area (Å²) in [5, 5.41) is 5.65. The highest BCUT2D eigenvalue weighted by Gasteiger charge is 2.15. The fourth-order valence-electron chi connectivity index (χ4n) is 3.12. The van der Waals surface area contributed by atoms with E-state index in [1.807, 2.05) is 30.3 Å². The maximum absolute atomic E-state index is 11.2. The quantitative estimate of drug-likeness (QED) is 0.363. The molecule has 0 saturated heterocycles. The first-order valence-corrected chi connectivity index (χ1v) is 10.5. The summed E-state index contributed by atoms with van der Waals surface area (Å²) >= 11 is 13.3. The molecule has 1 N–H and O–H groups in total. The van der Waals surface area contributed by atoms with Crippen molar-refractivity contribution in [3.05, 3.63) is 58.9 Å². The van der Waals surface area contributed by atoms with Gasteiger partial charge in [-0.1, -0.05) is 35.9 Å². The molecule has 5 nitrogen and oxygen atoms in total. The van der Waals surface area contributed by atoms with Crippen LogP contribution in [0, 0.1) is 0 Å². The van der Waals surface area contributed by atoms with Gasteiger partial charge in [0.2, 0.25) is 5.24 Å². The van der Waals surface area contributed by atoms with Crippen LogP contribution in [0.15, 0.2) is 42.5 Å². The first-order valence-electron chi connectivity index (χ1n) is 8.98. The molecule has 0 aliphatic carbocycles. The van der Waals surface area contributed by atoms with Crippen molar-refractivity contribution >= 4 is 65.9 Å². The Labute approximate surface area is 181 Å². The largest absolute Gasteiger partial charge is 0.495 e. The van der Waals surface area contributed by atoms with Gasteiger partial charge in [-0.2, -0.15) is 0 Å². The van der Waals surface area contributed by atoms with Gasteiger partial charge in [-0.25, -0.2) is 9.97 Å². The Morgan fingerprint density at radius 2 is 2.03 bits per heavy atom. The van der Waals surface area contributed by atoms with Gasteiger partial charge in [0.05, 0.1) is 17.5 Å². The predicted molar refractivity (Wildman–Crippen MR) is 119 cm³/mol. The van der Waals surface area contributed by atoms with E-state index >= 15 is 0 Å². The smallest absolute Gasteiger partial charge is 0.222 e. The molecule has 0 atom stereocenters. The number of nitrogens with one attached hydrogen (secondary N) is 1. The Balaban J connectivity index is 1.72. The number of carbonyl (C=O) groups excluding carboxylic acids is 1. The third-order valence-electron chi connectivity index (χ3n) is 4.51. The number of anilines is 1. The predicted octanol–water partition coefficient (Wildman–Crippen LogP) is 5.82. The van der Waals surface area contributed by atoms with Gasteiger partial charge in [-0.3, -0.25) is 4.79 Å². The average Bonchev–Trinajstić information content (AvgIpc) is 3.09. The van der Waals surface area contributed by atoms with Gasteiger partial charge >= 0.3 is 0 Å². The van der Waals surface area contributed by atoms with Crippen molar-refractivity contribution in [3.8, 4) is 5.75 Å². The first kappa shape index (κ1) is 19.9. The minimum absolute atomic E-state index is 0.200. The Morgan fingerprint density at radius 3 is 2.79 bits per heavy atom. The fourth-order valence-corrected chi connectivity index (χ4v) is 4.59. The van der Waals surface area contributed by atoms with Crippen LogP contribution >= 0.6 is 34.5 Å². The first-order chi connectivity index (χ1) is 14.0. The van der Waals surface area contributed by atoms with Gasteiger partial charge in [0.15, 0.2) is 0 Å². The van der Waals surface area contributed by atoms with Gasteiger partial charge in [-0.15, -0.1) is 11.3 Å². The Hall–Kier alpha value is -2.41. The van der Waals surface area contributed by atoms with E-state index in [9.17, 15) is 4.79 Å². The maximum Gasteiger partial charge on any atom is 0.222 e. The van der Waals surface area contributed by atoms with Crippen molar-refractivity contribution in [2.24, 2.45) is 0 Å². The molecule has 148 valence electrons. The summed E-state index contributed by atoms with van der Waals surface area (Å²) < 4.78 is 6.35. The Bertz CT molecular complexity index is 1210. The molecule has 0 bridgehead atoms. The second kappa shape index (κ2) is 8.53. The molecule has 0 saturated carbocycles. The molecule has 4 aromatic rings. The summed E-state index contributed by atoms with van der Waals surface area (Å²) in [6, 6.07) is 13.8. The molecule has 2 heterocycles. The second-order valence-corrected chi connectivity index (χ2v) is 8.30. The van der Waals surface area contributed by atoms with Crippen LogP contribution in [0.1, 0.15) is 17.8 Å². The zero-order valence-electron chi connectivity index (χ0n) is 15.5. The van der Waals surface area contributed by atoms with Crippen LogP contribution in [0.25, 0.3) is 20.3 Å². The number of hydrogen-bond acceptors (Lipinski definition) is 6. The SMILES string of the molecule is COc1ccc(CNc2nc(CCC(=O)Cl)nc3sc4ccccc4c23)cc1Cl. The van der Waals surface area contributed by atoms with Gasteiger partial charge in [0.1, 0.15) is 22.2 Å². The van der Waals surface area contributed by atoms with Crippen LogP contribution in [0.5, 0.6) is 5.75 Å². The monoisotopic (exact) mass is 445 g/mol. The van der Waals surface area contributed by atoms with E-state index in [1.165, 1.54) is 0 Å². The molecule has 0 aliphatic heterocycles. The standard InChI is InChI=1S/C21H17Cl2N3O2S/c1-28-15-7-6-12(10-14(15)22)11-24-20-19-13-4-2-3-5-16(13)29-21(19)26-18(25-20)9-8-17(23)27/h2-7,10H,8-9,11H2,1H3,(H,24,25,26). The van der Waals surface area contributed by atoms with Crippen LogP contribution < -0.4 is 10.1 Å². The topological polar surface area (TPSA) is 64.1 Å². The van der Waals surface area contributed by atoms with E-state index in [4.69, 9.17) is 27.9 Å². The molecule has 0 spiro atoms. The lowest BCUT2D eigenvalue weighted by molar-refractivity contribution is -0.111. The van der Waals surface area contributed by atoms with Gasteiger partial charge in [-0.05, 0) is 35.4 Å². The number of aromatic nitrogens is 2. The van der Waals surface area contributed by atoms with E-state index in [0.717, 1.165) is 31.7 Å². The van der Waals surface area contributed by atoms with E-state index in [2.05, 4.69) is 27.4 Å². The van der Waals surface area contributed by atoms with Crippen molar-refractivity contribution in [2.75, 3.05) is 12.4 Å². The van der Waals surface area contributed by atoms with E-state index in [0.29, 0.717) is 29.6 Å². The third-order valence-corrected chi connectivity index (χ3v) is 6.06. The molecule has 0 radical (unpaired) electrons. The summed E-state index contributed by atoms with van der Waals surface area (Å²) in [6.07, 6.45) is 0.598. The van der Waals surface area contributed by atoms with Gasteiger partial charge < -0.3 is 10.1 Å². The molecular formula is C21H17Cl2N3O2S. The van der Waals surface area contributed by atoms with Crippen molar-refractivity contribution in [1.29, 1.82) is 0 Å². The second-order valence-electron chi connectivity index (χ2n) is 6.44.